The number of carbonyl (C=O) groups excluding carboxylic acids is 2. The van der Waals surface area contributed by atoms with Gasteiger partial charge in [-0.25, -0.2) is 21.8 Å². The summed E-state index contributed by atoms with van der Waals surface area (Å²) in [4.78, 5) is 29.1. The van der Waals surface area contributed by atoms with E-state index in [4.69, 9.17) is 9.15 Å². The number of ether oxygens (including phenoxy) is 1. The maximum atomic E-state index is 15.9. The number of hydrogen-bond donors (Lipinski definition) is 2. The van der Waals surface area contributed by atoms with E-state index in [1.807, 2.05) is 24.3 Å². The van der Waals surface area contributed by atoms with Crippen molar-refractivity contribution in [2.75, 3.05) is 25.0 Å². The van der Waals surface area contributed by atoms with Gasteiger partial charge in [0.1, 0.15) is 28.0 Å². The van der Waals surface area contributed by atoms with Gasteiger partial charge in [0.2, 0.25) is 11.0 Å². The van der Waals surface area contributed by atoms with Crippen molar-refractivity contribution in [3.8, 4) is 22.5 Å². The van der Waals surface area contributed by atoms with Crippen molar-refractivity contribution < 1.29 is 49.4 Å². The molecule has 16 heteroatoms. The predicted octanol–water partition coefficient (Wildman–Crippen LogP) is 11.6. The first kappa shape index (κ1) is 54.4. The van der Waals surface area contributed by atoms with E-state index >= 15 is 8.78 Å². The largest absolute Gasteiger partial charge is 0.463 e. The van der Waals surface area contributed by atoms with Crippen molar-refractivity contribution in [1.29, 1.82) is 0 Å². The molecule has 12 nitrogen and oxygen atoms in total. The van der Waals surface area contributed by atoms with Gasteiger partial charge in [-0.15, -0.1) is 0 Å². The van der Waals surface area contributed by atoms with Crippen LogP contribution in [0.2, 0.25) is 0 Å². The molecule has 2 N–H and O–H groups in total. The number of esters is 1. The Bertz CT molecular complexity index is 3160. The Hall–Kier alpha value is -5.97. The number of para-hydroxylation sites is 2. The number of anilines is 2. The number of halogens is 2. The highest BCUT2D eigenvalue weighted by Crippen LogP contribution is 2.45. The van der Waals surface area contributed by atoms with Crippen LogP contribution in [0.25, 0.3) is 37.5 Å². The standard InChI is InChI=1S/C55H65F2N4O8S2/c1-13-54(11,12)53(63)68-30-29-61(14-2)52(62)55(56,57)71(66,67)60-70(64,65)48-24-16-15-19-45(48)49-43-27-25-37(58-50-39(33(3)4)20-17-21-40(50)34(5)6)31-46(43)69-47-32-38(26-28-44(47)49)59-51-41(35(7)8)22-18-23-42(51)36(9)10/h15-28,31-36H,13-14,29-30H2,1-12H3,(H,58,59)/q-1/p+1. The van der Waals surface area contributed by atoms with E-state index in [1.165, 1.54) is 25.1 Å². The number of carbonyl (C=O) groups is 2. The molecular weight excluding hydrogens is 947 g/mol. The Morgan fingerprint density at radius 1 is 0.746 bits per heavy atom. The monoisotopic (exact) mass is 1010 g/mol. The Morgan fingerprint density at radius 3 is 1.89 bits per heavy atom. The van der Waals surface area contributed by atoms with E-state index in [-0.39, 0.29) is 29.2 Å². The van der Waals surface area contributed by atoms with Gasteiger partial charge in [-0.2, -0.15) is 8.78 Å². The number of alkyl halides is 2. The fourth-order valence-electron chi connectivity index (χ4n) is 8.42. The first-order valence-electron chi connectivity index (χ1n) is 24.1. The fraction of sp³-hybridized carbons (Fsp3) is 0.400. The Labute approximate surface area is 417 Å². The van der Waals surface area contributed by atoms with E-state index in [2.05, 4.69) is 94.1 Å². The molecule has 0 saturated carbocycles. The van der Waals surface area contributed by atoms with Gasteiger partial charge in [0.05, 0.1) is 22.9 Å². The Morgan fingerprint density at radius 2 is 1.32 bits per heavy atom. The third kappa shape index (κ3) is 11.4. The van der Waals surface area contributed by atoms with Crippen LogP contribution < -0.4 is 15.7 Å². The molecule has 0 unspecified atom stereocenters. The van der Waals surface area contributed by atoms with Crippen LogP contribution in [-0.4, -0.2) is 58.6 Å². The molecule has 0 atom stereocenters. The molecule has 0 radical (unpaired) electrons. The number of benzene rings is 5. The molecule has 1 aliphatic heterocycles. The van der Waals surface area contributed by atoms with Gasteiger partial charge in [-0.1, -0.05) is 117 Å². The minimum Gasteiger partial charge on any atom is -0.463 e. The molecule has 0 bridgehead atoms. The summed E-state index contributed by atoms with van der Waals surface area (Å²) >= 11 is 0. The first-order valence-corrected chi connectivity index (χ1v) is 26.9. The SMILES string of the molecule is CCN(CCOC(=O)C(C)(C)CC)C(=O)C(F)(F)S(=O)(=O)[N-]S(=O)(=O)c1ccccc1-c1c2ccc(=[NH+]c3c(C(C)C)cccc3C(C)C)cc-2oc2cc(Nc3c(C(C)C)cccc3C(C)C)ccc12. The smallest absolute Gasteiger partial charge is 0.406 e. The summed E-state index contributed by atoms with van der Waals surface area (Å²) < 4.78 is 102. The third-order valence-corrected chi connectivity index (χ3v) is 16.2. The molecule has 0 aromatic heterocycles. The van der Waals surface area contributed by atoms with Gasteiger partial charge in [0.15, 0.2) is 10.0 Å². The molecule has 0 fully saturated rings. The second-order valence-electron chi connectivity index (χ2n) is 19.7. The number of amides is 1. The minimum atomic E-state index is -6.41. The number of rotatable bonds is 19. The highest BCUT2D eigenvalue weighted by Gasteiger charge is 2.51. The lowest BCUT2D eigenvalue weighted by Gasteiger charge is -2.31. The molecule has 1 aliphatic carbocycles. The summed E-state index contributed by atoms with van der Waals surface area (Å²) in [6, 6.07) is 28.5. The summed E-state index contributed by atoms with van der Waals surface area (Å²) in [5.41, 5.74) is 7.09. The maximum Gasteiger partial charge on any atom is 0.406 e. The zero-order valence-corrected chi connectivity index (χ0v) is 44.2. The molecule has 6 rings (SSSR count). The van der Waals surface area contributed by atoms with Gasteiger partial charge in [0.25, 0.3) is 0 Å². The average molecular weight is 1010 g/mol. The zero-order chi connectivity index (χ0) is 52.4. The highest BCUT2D eigenvalue weighted by atomic mass is 32.3. The normalized spacial score (nSPS) is 13.0. The van der Waals surface area contributed by atoms with Crippen molar-refractivity contribution in [1.82, 2.24) is 4.90 Å². The number of hydrogen-bond acceptors (Lipinski definition) is 9. The number of likely N-dealkylation sites (N-methyl/N-ethyl adjacent to an activating group) is 1. The molecule has 380 valence electrons. The first-order chi connectivity index (χ1) is 33.3. The second kappa shape index (κ2) is 21.4. The molecule has 1 amide bonds. The lowest BCUT2D eigenvalue weighted by molar-refractivity contribution is -0.404. The zero-order valence-electron chi connectivity index (χ0n) is 42.6. The van der Waals surface area contributed by atoms with Gasteiger partial charge >= 0.3 is 17.1 Å². The van der Waals surface area contributed by atoms with Crippen LogP contribution in [0, 0.1) is 5.41 Å². The number of nitrogens with one attached hydrogen (secondary N) is 2. The molecule has 4 aromatic rings. The van der Waals surface area contributed by atoms with E-state index in [0.717, 1.165) is 39.7 Å². The van der Waals surface area contributed by atoms with E-state index in [9.17, 15) is 26.4 Å². The minimum absolute atomic E-state index is 0.0557. The summed E-state index contributed by atoms with van der Waals surface area (Å²) in [5.74, 6) is -1.79. The van der Waals surface area contributed by atoms with Crippen molar-refractivity contribution in [2.45, 2.75) is 123 Å². The molecule has 1 heterocycles. The van der Waals surface area contributed by atoms with E-state index in [1.54, 1.807) is 45.0 Å². The molecule has 2 aliphatic rings. The van der Waals surface area contributed by atoms with Gasteiger partial charge < -0.3 is 23.5 Å². The van der Waals surface area contributed by atoms with Crippen LogP contribution in [0.1, 0.15) is 135 Å². The topological polar surface area (TPSA) is 168 Å². The summed E-state index contributed by atoms with van der Waals surface area (Å²) in [6.07, 6.45) is 0.418. The molecule has 71 heavy (non-hydrogen) atoms. The predicted molar refractivity (Wildman–Crippen MR) is 276 cm³/mol. The fourth-order valence-corrected chi connectivity index (χ4v) is 11.2. The van der Waals surface area contributed by atoms with Crippen molar-refractivity contribution >= 4 is 60.0 Å². The number of nitrogens with zero attached hydrogens (tertiary/aromatic N) is 2. The lowest BCUT2D eigenvalue weighted by atomic mass is 9.91. The van der Waals surface area contributed by atoms with Crippen molar-refractivity contribution in [3.05, 3.63) is 129 Å². The second-order valence-corrected chi connectivity index (χ2v) is 23.1. The van der Waals surface area contributed by atoms with E-state index in [0.29, 0.717) is 50.2 Å². The molecule has 0 spiro atoms. The third-order valence-electron chi connectivity index (χ3n) is 12.9. The van der Waals surface area contributed by atoms with Crippen molar-refractivity contribution in [2.24, 2.45) is 5.41 Å². The number of sulfonamides is 2. The highest BCUT2D eigenvalue weighted by molar-refractivity contribution is 8.13. The molecule has 4 aromatic carbocycles. The summed E-state index contributed by atoms with van der Waals surface area (Å²) in [6.45, 7) is 21.8. The Balaban J connectivity index is 1.51. The van der Waals surface area contributed by atoms with Crippen LogP contribution in [-0.2, 0) is 34.4 Å². The summed E-state index contributed by atoms with van der Waals surface area (Å²) in [5, 5.41) is -0.600. The molecule has 0 saturated heterocycles. The quantitative estimate of drug-likeness (QED) is 0.0592. The molecular formula is C55H66F2N4O8S2. The maximum absolute atomic E-state index is 15.9. The van der Waals surface area contributed by atoms with Gasteiger partial charge in [-0.3, -0.25) is 9.59 Å². The number of fused-ring (bicyclic) bond motifs is 2. The van der Waals surface area contributed by atoms with Crippen LogP contribution in [0.4, 0.5) is 25.8 Å². The van der Waals surface area contributed by atoms with Crippen molar-refractivity contribution in [3.63, 3.8) is 0 Å². The van der Waals surface area contributed by atoms with E-state index < -0.39 is 67.2 Å². The van der Waals surface area contributed by atoms with Crippen LogP contribution in [0.5, 0.6) is 0 Å². The van der Waals surface area contributed by atoms with Gasteiger partial charge in [0, 0.05) is 63.3 Å². The lowest BCUT2D eigenvalue weighted by Crippen LogP contribution is -2.71. The average Bonchev–Trinajstić information content (AvgIpc) is 3.31. The summed E-state index contributed by atoms with van der Waals surface area (Å²) in [7, 11) is -11.9. The van der Waals surface area contributed by atoms with Crippen LogP contribution in [0.3, 0.4) is 0 Å². The Kier molecular flexibility index (Phi) is 16.4. The van der Waals surface area contributed by atoms with Gasteiger partial charge in [-0.05, 0) is 86.3 Å². The van der Waals surface area contributed by atoms with Crippen LogP contribution in [0.15, 0.2) is 106 Å². The van der Waals surface area contributed by atoms with Crippen LogP contribution >= 0.6 is 0 Å².